The lowest BCUT2D eigenvalue weighted by Crippen LogP contribution is -2.25. The molecule has 0 saturated heterocycles. The van der Waals surface area contributed by atoms with Crippen molar-refractivity contribution in [2.75, 3.05) is 13.8 Å². The van der Waals surface area contributed by atoms with Gasteiger partial charge in [0.15, 0.2) is 0 Å². The summed E-state index contributed by atoms with van der Waals surface area (Å²) in [6, 6.07) is 4.75. The minimum Gasteiger partial charge on any atom is -0.364 e. The summed E-state index contributed by atoms with van der Waals surface area (Å²) in [4.78, 5) is 17.1. The standard InChI is InChI=1S/C16H17F3N2O2S/c1-9(2)12-13(14(22)20-8-23-3)24-15(21-12)10-4-6-11(7-5-10)16(17,18)19/h4-7,9H,8H2,1-3H3,(H,20,22). The Labute approximate surface area is 141 Å². The molecule has 0 spiro atoms. The molecule has 1 amide bonds. The summed E-state index contributed by atoms with van der Waals surface area (Å²) >= 11 is 1.15. The summed E-state index contributed by atoms with van der Waals surface area (Å²) in [6.07, 6.45) is -4.38. The lowest BCUT2D eigenvalue weighted by molar-refractivity contribution is -0.137. The number of aromatic nitrogens is 1. The predicted molar refractivity (Wildman–Crippen MR) is 86.0 cm³/mol. The van der Waals surface area contributed by atoms with Gasteiger partial charge in [-0.2, -0.15) is 13.2 Å². The van der Waals surface area contributed by atoms with Gasteiger partial charge in [0.25, 0.3) is 5.91 Å². The molecule has 2 rings (SSSR count). The molecule has 24 heavy (non-hydrogen) atoms. The molecule has 130 valence electrons. The van der Waals surface area contributed by atoms with Crippen LogP contribution in [0.15, 0.2) is 24.3 Å². The topological polar surface area (TPSA) is 51.2 Å². The third-order valence-electron chi connectivity index (χ3n) is 3.24. The average molecular weight is 358 g/mol. The fourth-order valence-electron chi connectivity index (χ4n) is 2.03. The number of alkyl halides is 3. The number of carbonyl (C=O) groups is 1. The second-order valence-corrected chi connectivity index (χ2v) is 6.40. The van der Waals surface area contributed by atoms with E-state index >= 15 is 0 Å². The fraction of sp³-hybridized carbons (Fsp3) is 0.375. The van der Waals surface area contributed by atoms with E-state index in [-0.39, 0.29) is 18.6 Å². The number of benzene rings is 1. The lowest BCUT2D eigenvalue weighted by Gasteiger charge is -2.06. The van der Waals surface area contributed by atoms with Gasteiger partial charge in [0.1, 0.15) is 16.6 Å². The number of nitrogens with zero attached hydrogens (tertiary/aromatic N) is 1. The minimum absolute atomic E-state index is 0.00717. The van der Waals surface area contributed by atoms with Crippen molar-refractivity contribution in [2.45, 2.75) is 25.9 Å². The first-order chi connectivity index (χ1) is 11.2. The van der Waals surface area contributed by atoms with Gasteiger partial charge >= 0.3 is 6.18 Å². The second-order valence-electron chi connectivity index (χ2n) is 5.40. The van der Waals surface area contributed by atoms with E-state index < -0.39 is 11.7 Å². The van der Waals surface area contributed by atoms with Gasteiger partial charge in [-0.3, -0.25) is 4.79 Å². The average Bonchev–Trinajstić information content (AvgIpc) is 2.97. The van der Waals surface area contributed by atoms with E-state index in [1.807, 2.05) is 13.8 Å². The zero-order chi connectivity index (χ0) is 17.9. The Bertz CT molecular complexity index is 709. The molecular formula is C16H17F3N2O2S. The highest BCUT2D eigenvalue weighted by Gasteiger charge is 2.30. The number of rotatable bonds is 5. The van der Waals surface area contributed by atoms with E-state index in [0.29, 0.717) is 21.1 Å². The number of ether oxygens (including phenoxy) is 1. The third kappa shape index (κ3) is 4.12. The monoisotopic (exact) mass is 358 g/mol. The van der Waals surface area contributed by atoms with Gasteiger partial charge in [-0.1, -0.05) is 26.0 Å². The van der Waals surface area contributed by atoms with Crippen LogP contribution in [0.4, 0.5) is 13.2 Å². The zero-order valence-electron chi connectivity index (χ0n) is 13.4. The van der Waals surface area contributed by atoms with Crippen molar-refractivity contribution in [3.05, 3.63) is 40.4 Å². The molecule has 0 unspecified atom stereocenters. The summed E-state index contributed by atoms with van der Waals surface area (Å²) in [6.45, 7) is 3.88. The van der Waals surface area contributed by atoms with E-state index in [4.69, 9.17) is 4.74 Å². The Kier molecular flexibility index (Phi) is 5.61. The molecule has 1 aromatic heterocycles. The highest BCUT2D eigenvalue weighted by molar-refractivity contribution is 7.17. The van der Waals surface area contributed by atoms with Crippen LogP contribution in [0.1, 0.15) is 40.7 Å². The Morgan fingerprint density at radius 3 is 2.42 bits per heavy atom. The van der Waals surface area contributed by atoms with Crippen LogP contribution in [0.5, 0.6) is 0 Å². The number of amides is 1. The molecule has 0 bridgehead atoms. The van der Waals surface area contributed by atoms with Crippen LogP contribution in [0.2, 0.25) is 0 Å². The quantitative estimate of drug-likeness (QED) is 0.812. The second kappa shape index (κ2) is 7.31. The van der Waals surface area contributed by atoms with E-state index in [9.17, 15) is 18.0 Å². The highest BCUT2D eigenvalue weighted by atomic mass is 32.1. The molecule has 1 N–H and O–H groups in total. The first kappa shape index (κ1) is 18.4. The number of carbonyl (C=O) groups excluding carboxylic acids is 1. The van der Waals surface area contributed by atoms with Crippen molar-refractivity contribution >= 4 is 17.2 Å². The molecule has 0 radical (unpaired) electrons. The van der Waals surface area contributed by atoms with Gasteiger partial charge in [0, 0.05) is 12.7 Å². The molecule has 1 aromatic carbocycles. The van der Waals surface area contributed by atoms with Crippen LogP contribution in [0.25, 0.3) is 10.6 Å². The summed E-state index contributed by atoms with van der Waals surface area (Å²) in [5.41, 5.74) is 0.439. The molecule has 8 heteroatoms. The lowest BCUT2D eigenvalue weighted by atomic mass is 10.1. The van der Waals surface area contributed by atoms with Crippen LogP contribution in [-0.2, 0) is 10.9 Å². The Morgan fingerprint density at radius 1 is 1.29 bits per heavy atom. The molecule has 4 nitrogen and oxygen atoms in total. The van der Waals surface area contributed by atoms with Crippen LogP contribution in [-0.4, -0.2) is 24.7 Å². The van der Waals surface area contributed by atoms with Crippen molar-refractivity contribution in [1.29, 1.82) is 0 Å². The molecule has 0 aliphatic rings. The normalized spacial score (nSPS) is 11.8. The number of thiazole rings is 1. The number of halogens is 3. The van der Waals surface area contributed by atoms with Gasteiger partial charge in [0.2, 0.25) is 0 Å². The van der Waals surface area contributed by atoms with E-state index in [1.165, 1.54) is 19.2 Å². The molecule has 1 heterocycles. The summed E-state index contributed by atoms with van der Waals surface area (Å²) in [7, 11) is 1.46. The largest absolute Gasteiger partial charge is 0.416 e. The first-order valence-electron chi connectivity index (χ1n) is 7.19. The summed E-state index contributed by atoms with van der Waals surface area (Å²) in [5, 5.41) is 3.11. The van der Waals surface area contributed by atoms with Crippen molar-refractivity contribution in [3.63, 3.8) is 0 Å². The van der Waals surface area contributed by atoms with E-state index in [0.717, 1.165) is 23.5 Å². The van der Waals surface area contributed by atoms with Crippen LogP contribution in [0, 0.1) is 0 Å². The molecule has 0 fully saturated rings. The third-order valence-corrected chi connectivity index (χ3v) is 4.36. The van der Waals surface area contributed by atoms with Crippen molar-refractivity contribution < 1.29 is 22.7 Å². The smallest absolute Gasteiger partial charge is 0.364 e. The van der Waals surface area contributed by atoms with Crippen LogP contribution < -0.4 is 5.32 Å². The SMILES string of the molecule is COCNC(=O)c1sc(-c2ccc(C(F)(F)F)cc2)nc1C(C)C. The van der Waals surface area contributed by atoms with Gasteiger partial charge in [-0.05, 0) is 18.1 Å². The van der Waals surface area contributed by atoms with Crippen LogP contribution >= 0.6 is 11.3 Å². The minimum atomic E-state index is -4.38. The fourth-order valence-corrected chi connectivity index (χ4v) is 3.17. The van der Waals surface area contributed by atoms with Gasteiger partial charge in [-0.15, -0.1) is 11.3 Å². The van der Waals surface area contributed by atoms with Gasteiger partial charge in [0.05, 0.1) is 11.3 Å². The molecular weight excluding hydrogens is 341 g/mol. The first-order valence-corrected chi connectivity index (χ1v) is 8.01. The predicted octanol–water partition coefficient (Wildman–Crippen LogP) is 4.29. The summed E-state index contributed by atoms with van der Waals surface area (Å²) in [5.74, 6) is -0.302. The van der Waals surface area contributed by atoms with Gasteiger partial charge in [-0.25, -0.2) is 4.98 Å². The number of hydrogen-bond donors (Lipinski definition) is 1. The Morgan fingerprint density at radius 2 is 1.92 bits per heavy atom. The molecule has 0 aliphatic heterocycles. The zero-order valence-corrected chi connectivity index (χ0v) is 14.2. The maximum Gasteiger partial charge on any atom is 0.416 e. The maximum atomic E-state index is 12.6. The van der Waals surface area contributed by atoms with E-state index in [2.05, 4.69) is 10.3 Å². The molecule has 0 atom stereocenters. The van der Waals surface area contributed by atoms with Crippen molar-refractivity contribution in [1.82, 2.24) is 10.3 Å². The maximum absolute atomic E-state index is 12.6. The van der Waals surface area contributed by atoms with Crippen LogP contribution in [0.3, 0.4) is 0 Å². The highest BCUT2D eigenvalue weighted by Crippen LogP contribution is 2.34. The number of nitrogens with one attached hydrogen (secondary N) is 1. The number of methoxy groups -OCH3 is 1. The molecule has 0 aliphatic carbocycles. The Balaban J connectivity index is 2.36. The van der Waals surface area contributed by atoms with Gasteiger partial charge < -0.3 is 10.1 Å². The summed E-state index contributed by atoms with van der Waals surface area (Å²) < 4.78 is 42.7. The van der Waals surface area contributed by atoms with Crippen molar-refractivity contribution in [3.8, 4) is 10.6 Å². The molecule has 2 aromatic rings. The van der Waals surface area contributed by atoms with Crippen molar-refractivity contribution in [2.24, 2.45) is 0 Å². The van der Waals surface area contributed by atoms with E-state index in [1.54, 1.807) is 0 Å². The number of hydrogen-bond acceptors (Lipinski definition) is 4. The molecule has 0 saturated carbocycles. The Hall–Kier alpha value is -1.93.